The number of ether oxygens (including phenoxy) is 1. The molecule has 0 fully saturated rings. The van der Waals surface area contributed by atoms with E-state index in [1.807, 2.05) is 0 Å². The first-order chi connectivity index (χ1) is 15.8. The number of thiophene rings is 1. The summed E-state index contributed by atoms with van der Waals surface area (Å²) in [6.07, 6.45) is 0. The Kier molecular flexibility index (Phi) is 5.88. The molecule has 2 heterocycles. The van der Waals surface area contributed by atoms with Crippen LogP contribution in [0.2, 0.25) is 0 Å². The van der Waals surface area contributed by atoms with Crippen LogP contribution in [0.15, 0.2) is 63.5 Å². The van der Waals surface area contributed by atoms with Gasteiger partial charge < -0.3 is 10.1 Å². The molecule has 0 aliphatic carbocycles. The molecule has 0 atom stereocenters. The number of para-hydroxylation sites is 1. The molecule has 0 unspecified atom stereocenters. The lowest BCUT2D eigenvalue weighted by atomic mass is 10.2. The molecule has 0 saturated carbocycles. The number of esters is 1. The van der Waals surface area contributed by atoms with E-state index in [0.29, 0.717) is 10.6 Å². The average Bonchev–Trinajstić information content (AvgIpc) is 3.28. The number of nitrogens with zero attached hydrogens (tertiary/aromatic N) is 2. The minimum atomic E-state index is -1.10. The summed E-state index contributed by atoms with van der Waals surface area (Å²) < 4.78 is 34.1. The molecule has 2 aromatic carbocycles. The summed E-state index contributed by atoms with van der Waals surface area (Å²) in [6, 6.07) is 10.1. The molecule has 2 aromatic heterocycles. The minimum Gasteiger partial charge on any atom is -0.465 e. The molecule has 0 saturated heterocycles. The van der Waals surface area contributed by atoms with Gasteiger partial charge in [0.15, 0.2) is 0 Å². The number of anilines is 1. The monoisotopic (exact) mass is 471 g/mol. The van der Waals surface area contributed by atoms with Gasteiger partial charge in [-0.25, -0.2) is 22.9 Å². The van der Waals surface area contributed by atoms with Gasteiger partial charge in [0.2, 0.25) is 5.91 Å². The van der Waals surface area contributed by atoms with Gasteiger partial charge >= 0.3 is 11.7 Å². The zero-order valence-electron chi connectivity index (χ0n) is 17.0. The number of fused-ring (bicyclic) bond motifs is 1. The molecule has 8 nitrogen and oxygen atoms in total. The lowest BCUT2D eigenvalue weighted by molar-refractivity contribution is -0.116. The second kappa shape index (κ2) is 8.79. The summed E-state index contributed by atoms with van der Waals surface area (Å²) in [4.78, 5) is 50.8. The Bertz CT molecular complexity index is 1520. The predicted molar refractivity (Wildman–Crippen MR) is 118 cm³/mol. The molecule has 4 aromatic rings. The van der Waals surface area contributed by atoms with Crippen molar-refractivity contribution in [1.82, 2.24) is 9.13 Å². The summed E-state index contributed by atoms with van der Waals surface area (Å²) in [5.74, 6) is -3.31. The molecule has 33 heavy (non-hydrogen) atoms. The third-order valence-corrected chi connectivity index (χ3v) is 5.71. The van der Waals surface area contributed by atoms with Gasteiger partial charge in [-0.2, -0.15) is 0 Å². The minimum absolute atomic E-state index is 0.111. The lowest BCUT2D eigenvalue weighted by Gasteiger charge is -2.14. The fourth-order valence-corrected chi connectivity index (χ4v) is 4.15. The van der Waals surface area contributed by atoms with E-state index in [2.05, 4.69) is 5.32 Å². The maximum Gasteiger partial charge on any atom is 0.339 e. The van der Waals surface area contributed by atoms with Crippen molar-refractivity contribution in [2.45, 2.75) is 6.54 Å². The summed E-state index contributed by atoms with van der Waals surface area (Å²) >= 11 is 1.01. The van der Waals surface area contributed by atoms with Gasteiger partial charge in [-0.15, -0.1) is 11.3 Å². The number of methoxy groups -OCH3 is 1. The Morgan fingerprint density at radius 2 is 1.85 bits per heavy atom. The summed E-state index contributed by atoms with van der Waals surface area (Å²) in [5.41, 5.74) is -1.74. The highest BCUT2D eigenvalue weighted by molar-refractivity contribution is 7.17. The lowest BCUT2D eigenvalue weighted by Crippen LogP contribution is -2.40. The van der Waals surface area contributed by atoms with Crippen LogP contribution >= 0.6 is 11.3 Å². The van der Waals surface area contributed by atoms with Crippen molar-refractivity contribution < 1.29 is 23.1 Å². The molecule has 11 heteroatoms. The van der Waals surface area contributed by atoms with Crippen LogP contribution < -0.4 is 16.6 Å². The first kappa shape index (κ1) is 22.1. The average molecular weight is 471 g/mol. The second-order valence-corrected chi connectivity index (χ2v) is 7.74. The maximum absolute atomic E-state index is 14.4. The van der Waals surface area contributed by atoms with E-state index in [-0.39, 0.29) is 21.5 Å². The predicted octanol–water partition coefficient (Wildman–Crippen LogP) is 2.92. The molecular weight excluding hydrogens is 456 g/mol. The fraction of sp³-hybridized carbons (Fsp3) is 0.0909. The van der Waals surface area contributed by atoms with Gasteiger partial charge in [0.1, 0.15) is 22.9 Å². The Morgan fingerprint density at radius 1 is 1.09 bits per heavy atom. The van der Waals surface area contributed by atoms with E-state index in [0.717, 1.165) is 28.0 Å². The number of aromatic nitrogens is 2. The van der Waals surface area contributed by atoms with Crippen molar-refractivity contribution in [3.05, 3.63) is 91.9 Å². The second-order valence-electron chi connectivity index (χ2n) is 6.83. The maximum atomic E-state index is 14.4. The quantitative estimate of drug-likeness (QED) is 0.452. The molecule has 1 amide bonds. The van der Waals surface area contributed by atoms with E-state index in [9.17, 15) is 28.0 Å². The van der Waals surface area contributed by atoms with E-state index < -0.39 is 47.0 Å². The Labute approximate surface area is 188 Å². The highest BCUT2D eigenvalue weighted by Crippen LogP contribution is 2.19. The zero-order valence-corrected chi connectivity index (χ0v) is 17.8. The van der Waals surface area contributed by atoms with Gasteiger partial charge in [-0.05, 0) is 35.7 Å². The van der Waals surface area contributed by atoms with E-state index in [1.54, 1.807) is 17.5 Å². The van der Waals surface area contributed by atoms with Crippen molar-refractivity contribution >= 4 is 39.1 Å². The molecule has 0 aliphatic heterocycles. The summed E-state index contributed by atoms with van der Waals surface area (Å²) in [5, 5.41) is 4.10. The molecule has 0 spiro atoms. The Balaban J connectivity index is 1.79. The molecule has 1 N–H and O–H groups in total. The van der Waals surface area contributed by atoms with Gasteiger partial charge in [0, 0.05) is 6.07 Å². The van der Waals surface area contributed by atoms with Crippen LogP contribution in [0.3, 0.4) is 0 Å². The molecule has 0 aliphatic rings. The molecular formula is C22H15F2N3O5S. The van der Waals surface area contributed by atoms with Gasteiger partial charge in [-0.3, -0.25) is 14.2 Å². The van der Waals surface area contributed by atoms with Crippen LogP contribution in [-0.4, -0.2) is 28.1 Å². The number of hydrogen-bond acceptors (Lipinski definition) is 6. The van der Waals surface area contributed by atoms with Gasteiger partial charge in [-0.1, -0.05) is 12.1 Å². The number of carbonyl (C=O) groups is 2. The van der Waals surface area contributed by atoms with Gasteiger partial charge in [0.05, 0.1) is 29.6 Å². The SMILES string of the molecule is COC(=O)c1ccccc1NC(=O)Cn1c(=O)n(-c2ccc(F)cc2F)c(=O)c2sccc21. The van der Waals surface area contributed by atoms with Crippen molar-refractivity contribution in [2.24, 2.45) is 0 Å². The van der Waals surface area contributed by atoms with Crippen LogP contribution in [0.25, 0.3) is 15.9 Å². The number of benzene rings is 2. The van der Waals surface area contributed by atoms with Crippen LogP contribution in [-0.2, 0) is 16.1 Å². The largest absolute Gasteiger partial charge is 0.465 e. The molecule has 4 rings (SSSR count). The van der Waals surface area contributed by atoms with Crippen molar-refractivity contribution in [3.8, 4) is 5.69 Å². The smallest absolute Gasteiger partial charge is 0.339 e. The van der Waals surface area contributed by atoms with Gasteiger partial charge in [0.25, 0.3) is 5.56 Å². The van der Waals surface area contributed by atoms with Crippen molar-refractivity contribution in [2.75, 3.05) is 12.4 Å². The standard InChI is InChI=1S/C22H15F2N3O5S/c1-32-21(30)13-4-2-3-5-15(13)25-18(28)11-26-17-8-9-33-19(17)20(29)27(22(26)31)16-7-6-12(23)10-14(16)24/h2-10H,11H2,1H3,(H,25,28). The fourth-order valence-electron chi connectivity index (χ4n) is 3.33. The van der Waals surface area contributed by atoms with Crippen LogP contribution in [0.5, 0.6) is 0 Å². The Hall–Kier alpha value is -4.12. The number of hydrogen-bond donors (Lipinski definition) is 1. The van der Waals surface area contributed by atoms with E-state index in [1.165, 1.54) is 25.3 Å². The third kappa shape index (κ3) is 4.05. The first-order valence-electron chi connectivity index (χ1n) is 9.47. The molecule has 0 bridgehead atoms. The number of rotatable bonds is 5. The summed E-state index contributed by atoms with van der Waals surface area (Å²) in [7, 11) is 1.20. The number of halogens is 2. The number of nitrogens with one attached hydrogen (secondary N) is 1. The highest BCUT2D eigenvalue weighted by atomic mass is 32.1. The topological polar surface area (TPSA) is 99.4 Å². The normalized spacial score (nSPS) is 10.9. The highest BCUT2D eigenvalue weighted by Gasteiger charge is 2.20. The van der Waals surface area contributed by atoms with E-state index >= 15 is 0 Å². The Morgan fingerprint density at radius 3 is 2.58 bits per heavy atom. The first-order valence-corrected chi connectivity index (χ1v) is 10.4. The molecule has 168 valence electrons. The van der Waals surface area contributed by atoms with E-state index in [4.69, 9.17) is 4.74 Å². The van der Waals surface area contributed by atoms with Crippen LogP contribution in [0.1, 0.15) is 10.4 Å². The zero-order chi connectivity index (χ0) is 23.7. The molecule has 0 radical (unpaired) electrons. The van der Waals surface area contributed by atoms with Crippen LogP contribution in [0, 0.1) is 11.6 Å². The number of carbonyl (C=O) groups excluding carboxylic acids is 2. The number of amides is 1. The summed E-state index contributed by atoms with van der Waals surface area (Å²) in [6.45, 7) is -0.537. The van der Waals surface area contributed by atoms with Crippen LogP contribution in [0.4, 0.5) is 14.5 Å². The third-order valence-electron chi connectivity index (χ3n) is 4.81. The van der Waals surface area contributed by atoms with Crippen molar-refractivity contribution in [3.63, 3.8) is 0 Å². The van der Waals surface area contributed by atoms with Crippen molar-refractivity contribution in [1.29, 1.82) is 0 Å².